The molecular formula is C17H30N4. The highest BCUT2D eigenvalue weighted by Crippen LogP contribution is 2.32. The highest BCUT2D eigenvalue weighted by Gasteiger charge is 2.27. The van der Waals surface area contributed by atoms with E-state index >= 15 is 0 Å². The number of nitrogen functional groups attached to an aromatic ring is 1. The van der Waals surface area contributed by atoms with Gasteiger partial charge in [-0.2, -0.15) is 0 Å². The van der Waals surface area contributed by atoms with Crippen LogP contribution in [0, 0.1) is 18.8 Å². The topological polar surface area (TPSA) is 63.8 Å². The Balaban J connectivity index is 2.25. The van der Waals surface area contributed by atoms with E-state index in [9.17, 15) is 0 Å². The van der Waals surface area contributed by atoms with Crippen LogP contribution in [0.4, 0.5) is 11.6 Å². The van der Waals surface area contributed by atoms with Crippen molar-refractivity contribution in [3.8, 4) is 0 Å². The van der Waals surface area contributed by atoms with Crippen molar-refractivity contribution in [2.24, 2.45) is 11.8 Å². The van der Waals surface area contributed by atoms with Gasteiger partial charge in [0.15, 0.2) is 0 Å². The second kappa shape index (κ2) is 5.82. The zero-order valence-electron chi connectivity index (χ0n) is 14.3. The Morgan fingerprint density at radius 1 is 1.14 bits per heavy atom. The lowest BCUT2D eigenvalue weighted by Crippen LogP contribution is -2.34. The van der Waals surface area contributed by atoms with Crippen molar-refractivity contribution in [2.75, 3.05) is 11.1 Å². The van der Waals surface area contributed by atoms with Gasteiger partial charge in [-0.1, -0.05) is 34.6 Å². The molecule has 1 aliphatic carbocycles. The summed E-state index contributed by atoms with van der Waals surface area (Å²) < 4.78 is 0. The van der Waals surface area contributed by atoms with Gasteiger partial charge >= 0.3 is 0 Å². The number of nitrogens with two attached hydrogens (primary N) is 1. The smallest absolute Gasteiger partial charge is 0.138 e. The quantitative estimate of drug-likeness (QED) is 0.867. The molecule has 0 saturated heterocycles. The second-order valence-corrected chi connectivity index (χ2v) is 7.80. The Kier molecular flexibility index (Phi) is 4.45. The lowest BCUT2D eigenvalue weighted by molar-refractivity contribution is 0.276. The van der Waals surface area contributed by atoms with Crippen molar-refractivity contribution in [1.82, 2.24) is 9.97 Å². The molecule has 1 aromatic rings. The van der Waals surface area contributed by atoms with Crippen LogP contribution in [-0.4, -0.2) is 16.0 Å². The van der Waals surface area contributed by atoms with Crippen LogP contribution in [0.1, 0.15) is 65.3 Å². The molecule has 1 saturated carbocycles. The fourth-order valence-electron chi connectivity index (χ4n) is 3.07. The van der Waals surface area contributed by atoms with Gasteiger partial charge in [0.1, 0.15) is 17.5 Å². The maximum Gasteiger partial charge on any atom is 0.138 e. The first-order valence-corrected chi connectivity index (χ1v) is 8.09. The standard InChI is InChI=1S/C17H30N4/c1-10-7-8-13(11(2)9-10)19-15-12(3)14(18)20-16(21-15)17(4,5)6/h10-11,13H,7-9H2,1-6H3,(H3,18,19,20,21). The molecule has 21 heavy (non-hydrogen) atoms. The van der Waals surface area contributed by atoms with Gasteiger partial charge in [-0.3, -0.25) is 0 Å². The summed E-state index contributed by atoms with van der Waals surface area (Å²) in [7, 11) is 0. The molecule has 0 aliphatic heterocycles. The fraction of sp³-hybridized carbons (Fsp3) is 0.765. The van der Waals surface area contributed by atoms with Crippen molar-refractivity contribution in [2.45, 2.75) is 72.3 Å². The van der Waals surface area contributed by atoms with Crippen LogP contribution in [0.2, 0.25) is 0 Å². The molecule has 2 rings (SSSR count). The number of rotatable bonds is 2. The molecule has 3 unspecified atom stereocenters. The van der Waals surface area contributed by atoms with E-state index in [1.165, 1.54) is 19.3 Å². The van der Waals surface area contributed by atoms with Crippen LogP contribution in [0.3, 0.4) is 0 Å². The Bertz CT molecular complexity index is 504. The summed E-state index contributed by atoms with van der Waals surface area (Å²) in [6.45, 7) is 13.0. The van der Waals surface area contributed by atoms with Gasteiger partial charge in [-0.25, -0.2) is 9.97 Å². The molecule has 0 bridgehead atoms. The normalized spacial score (nSPS) is 26.7. The van der Waals surface area contributed by atoms with E-state index in [1.54, 1.807) is 0 Å². The molecule has 1 heterocycles. The molecule has 3 atom stereocenters. The van der Waals surface area contributed by atoms with E-state index in [1.807, 2.05) is 6.92 Å². The first kappa shape index (κ1) is 16.1. The number of hydrogen-bond acceptors (Lipinski definition) is 4. The van der Waals surface area contributed by atoms with Crippen LogP contribution in [0.5, 0.6) is 0 Å². The van der Waals surface area contributed by atoms with Crippen LogP contribution in [0.25, 0.3) is 0 Å². The van der Waals surface area contributed by atoms with Crippen LogP contribution in [-0.2, 0) is 5.41 Å². The van der Waals surface area contributed by atoms with E-state index in [0.717, 1.165) is 23.1 Å². The zero-order valence-corrected chi connectivity index (χ0v) is 14.3. The Hall–Kier alpha value is -1.32. The molecule has 0 amide bonds. The minimum Gasteiger partial charge on any atom is -0.383 e. The molecule has 1 aromatic heterocycles. The van der Waals surface area contributed by atoms with Crippen molar-refractivity contribution in [3.05, 3.63) is 11.4 Å². The SMILES string of the molecule is Cc1c(N)nc(C(C)(C)C)nc1NC1CCC(C)CC1C. The summed E-state index contributed by atoms with van der Waals surface area (Å²) in [5.74, 6) is 3.82. The summed E-state index contributed by atoms with van der Waals surface area (Å²) in [5.41, 5.74) is 6.96. The second-order valence-electron chi connectivity index (χ2n) is 7.80. The summed E-state index contributed by atoms with van der Waals surface area (Å²) in [6, 6.07) is 0.488. The minimum absolute atomic E-state index is 0.0923. The van der Waals surface area contributed by atoms with Crippen molar-refractivity contribution in [3.63, 3.8) is 0 Å². The summed E-state index contributed by atoms with van der Waals surface area (Å²) in [4.78, 5) is 9.21. The van der Waals surface area contributed by atoms with Gasteiger partial charge in [0.25, 0.3) is 0 Å². The van der Waals surface area contributed by atoms with Gasteiger partial charge in [0.05, 0.1) is 0 Å². The zero-order chi connectivity index (χ0) is 15.8. The molecule has 1 aliphatic rings. The van der Waals surface area contributed by atoms with Gasteiger partial charge in [0.2, 0.25) is 0 Å². The Labute approximate surface area is 128 Å². The fourth-order valence-corrected chi connectivity index (χ4v) is 3.07. The molecule has 118 valence electrons. The van der Waals surface area contributed by atoms with E-state index in [2.05, 4.69) is 44.9 Å². The average Bonchev–Trinajstić information content (AvgIpc) is 2.36. The van der Waals surface area contributed by atoms with E-state index in [4.69, 9.17) is 10.7 Å². The van der Waals surface area contributed by atoms with Crippen LogP contribution < -0.4 is 11.1 Å². The van der Waals surface area contributed by atoms with Crippen molar-refractivity contribution in [1.29, 1.82) is 0 Å². The molecule has 3 N–H and O–H groups in total. The maximum atomic E-state index is 6.09. The van der Waals surface area contributed by atoms with E-state index in [-0.39, 0.29) is 5.41 Å². The average molecular weight is 290 g/mol. The Morgan fingerprint density at radius 2 is 1.81 bits per heavy atom. The van der Waals surface area contributed by atoms with E-state index in [0.29, 0.717) is 17.8 Å². The Morgan fingerprint density at radius 3 is 2.38 bits per heavy atom. The highest BCUT2D eigenvalue weighted by molar-refractivity contribution is 5.55. The molecular weight excluding hydrogens is 260 g/mol. The molecule has 1 fully saturated rings. The summed E-state index contributed by atoms with van der Waals surface area (Å²) in [6.07, 6.45) is 3.77. The summed E-state index contributed by atoms with van der Waals surface area (Å²) in [5, 5.41) is 3.64. The minimum atomic E-state index is -0.0923. The molecule has 4 nitrogen and oxygen atoms in total. The third-order valence-electron chi connectivity index (χ3n) is 4.61. The maximum absolute atomic E-state index is 6.09. The van der Waals surface area contributed by atoms with Crippen molar-refractivity contribution < 1.29 is 0 Å². The van der Waals surface area contributed by atoms with Crippen LogP contribution in [0.15, 0.2) is 0 Å². The first-order chi connectivity index (χ1) is 9.68. The monoisotopic (exact) mass is 290 g/mol. The summed E-state index contributed by atoms with van der Waals surface area (Å²) >= 11 is 0. The number of aromatic nitrogens is 2. The number of anilines is 2. The van der Waals surface area contributed by atoms with Gasteiger partial charge in [-0.15, -0.1) is 0 Å². The lowest BCUT2D eigenvalue weighted by Gasteiger charge is -2.34. The molecule has 0 aromatic carbocycles. The number of nitrogens with zero attached hydrogens (tertiary/aromatic N) is 2. The number of nitrogens with one attached hydrogen (secondary N) is 1. The van der Waals surface area contributed by atoms with Gasteiger partial charge in [0, 0.05) is 17.0 Å². The van der Waals surface area contributed by atoms with Crippen LogP contribution >= 0.6 is 0 Å². The highest BCUT2D eigenvalue weighted by atomic mass is 15.1. The largest absolute Gasteiger partial charge is 0.383 e. The van der Waals surface area contributed by atoms with Crippen molar-refractivity contribution >= 4 is 11.6 Å². The molecule has 0 radical (unpaired) electrons. The van der Waals surface area contributed by atoms with Gasteiger partial charge in [-0.05, 0) is 38.0 Å². The third-order valence-corrected chi connectivity index (χ3v) is 4.61. The third kappa shape index (κ3) is 3.66. The predicted octanol–water partition coefficient (Wildman–Crippen LogP) is 3.90. The first-order valence-electron chi connectivity index (χ1n) is 8.09. The molecule has 4 heteroatoms. The molecule has 0 spiro atoms. The predicted molar refractivity (Wildman–Crippen MR) is 89.5 cm³/mol. The number of hydrogen-bond donors (Lipinski definition) is 2. The van der Waals surface area contributed by atoms with E-state index < -0.39 is 0 Å². The lowest BCUT2D eigenvalue weighted by atomic mass is 9.80. The van der Waals surface area contributed by atoms with Gasteiger partial charge < -0.3 is 11.1 Å².